The lowest BCUT2D eigenvalue weighted by atomic mass is 9.96. The predicted molar refractivity (Wildman–Crippen MR) is 147 cm³/mol. The van der Waals surface area contributed by atoms with E-state index in [1.165, 1.54) is 6.07 Å². The van der Waals surface area contributed by atoms with Gasteiger partial charge in [-0.15, -0.1) is 0 Å². The number of aromatic nitrogens is 2. The number of hydrogen-bond acceptors (Lipinski definition) is 6. The maximum atomic E-state index is 13.8. The minimum absolute atomic E-state index is 0.0286. The van der Waals surface area contributed by atoms with Gasteiger partial charge in [0.25, 0.3) is 5.56 Å². The van der Waals surface area contributed by atoms with Crippen LogP contribution in [0.1, 0.15) is 44.7 Å². The van der Waals surface area contributed by atoms with Crippen molar-refractivity contribution < 1.29 is 24.3 Å². The normalized spacial score (nSPS) is 14.1. The number of hydrogen-bond donors (Lipinski definition) is 5. The number of rotatable bonds is 13. The number of aliphatic carboxylic acids is 1. The van der Waals surface area contributed by atoms with Crippen molar-refractivity contribution >= 4 is 34.6 Å². The fourth-order valence-corrected chi connectivity index (χ4v) is 4.35. The van der Waals surface area contributed by atoms with Crippen molar-refractivity contribution in [3.8, 4) is 0 Å². The molecule has 3 rings (SSSR count). The van der Waals surface area contributed by atoms with Crippen LogP contribution in [-0.2, 0) is 25.6 Å². The second-order valence-corrected chi connectivity index (χ2v) is 9.63. The third-order valence-corrected chi connectivity index (χ3v) is 6.81. The molecule has 0 bridgehead atoms. The third-order valence-electron chi connectivity index (χ3n) is 6.81. The van der Waals surface area contributed by atoms with Crippen molar-refractivity contribution in [1.29, 1.82) is 0 Å². The van der Waals surface area contributed by atoms with Gasteiger partial charge >= 0.3 is 11.7 Å². The van der Waals surface area contributed by atoms with E-state index < -0.39 is 59.0 Å². The van der Waals surface area contributed by atoms with Gasteiger partial charge in [-0.1, -0.05) is 62.7 Å². The largest absolute Gasteiger partial charge is 0.480 e. The van der Waals surface area contributed by atoms with Crippen LogP contribution in [0.2, 0.25) is 0 Å². The number of carbonyl (C=O) groups is 4. The molecule has 0 fully saturated rings. The molecular weight excluding hydrogens is 518 g/mol. The quantitative estimate of drug-likeness (QED) is 0.208. The van der Waals surface area contributed by atoms with Gasteiger partial charge in [-0.25, -0.2) is 14.2 Å². The second-order valence-electron chi connectivity index (χ2n) is 9.63. The maximum absolute atomic E-state index is 13.8. The molecular formula is C28H33N5O7. The summed E-state index contributed by atoms with van der Waals surface area (Å²) < 4.78 is 0.836. The molecule has 212 valence electrons. The van der Waals surface area contributed by atoms with E-state index in [1.807, 2.05) is 0 Å². The van der Waals surface area contributed by atoms with E-state index in [0.717, 1.165) is 4.57 Å². The molecule has 0 aliphatic heterocycles. The van der Waals surface area contributed by atoms with Gasteiger partial charge in [-0.05, 0) is 30.0 Å². The van der Waals surface area contributed by atoms with Gasteiger partial charge in [0.15, 0.2) is 0 Å². The van der Waals surface area contributed by atoms with Crippen LogP contribution in [0.4, 0.5) is 0 Å². The lowest BCUT2D eigenvalue weighted by molar-refractivity contribution is -0.143. The van der Waals surface area contributed by atoms with Crippen molar-refractivity contribution in [2.45, 2.75) is 57.7 Å². The molecule has 1 aromatic heterocycles. The lowest BCUT2D eigenvalue weighted by Gasteiger charge is -2.28. The summed E-state index contributed by atoms with van der Waals surface area (Å²) >= 11 is 0. The maximum Gasteiger partial charge on any atom is 0.329 e. The number of nitrogens with one attached hydrogen (secondary N) is 3. The zero-order valence-electron chi connectivity index (χ0n) is 22.3. The number of H-pyrrole nitrogens is 1. The minimum Gasteiger partial charge on any atom is -0.480 e. The van der Waals surface area contributed by atoms with Crippen LogP contribution in [0, 0.1) is 5.92 Å². The van der Waals surface area contributed by atoms with Crippen LogP contribution < -0.4 is 27.6 Å². The fourth-order valence-electron chi connectivity index (χ4n) is 4.35. The van der Waals surface area contributed by atoms with E-state index in [2.05, 4.69) is 15.6 Å². The van der Waals surface area contributed by atoms with Crippen LogP contribution in [-0.4, -0.2) is 50.4 Å². The number of benzene rings is 2. The zero-order chi connectivity index (χ0) is 29.4. The molecule has 0 saturated carbocycles. The highest BCUT2D eigenvalue weighted by atomic mass is 16.4. The second kappa shape index (κ2) is 13.4. The first-order valence-electron chi connectivity index (χ1n) is 12.9. The summed E-state index contributed by atoms with van der Waals surface area (Å²) in [6.07, 6.45) is -0.0725. The Balaban J connectivity index is 2.00. The molecule has 12 nitrogen and oxygen atoms in total. The van der Waals surface area contributed by atoms with Crippen LogP contribution in [0.15, 0.2) is 64.2 Å². The Hall–Kier alpha value is -4.74. The average molecular weight is 552 g/mol. The van der Waals surface area contributed by atoms with Gasteiger partial charge in [0, 0.05) is 12.8 Å². The number of amides is 3. The number of aromatic amines is 1. The molecule has 3 aromatic rings. The van der Waals surface area contributed by atoms with Crippen molar-refractivity contribution in [3.63, 3.8) is 0 Å². The highest BCUT2D eigenvalue weighted by molar-refractivity contribution is 5.92. The van der Waals surface area contributed by atoms with E-state index in [1.54, 1.807) is 62.4 Å². The number of fused-ring (bicyclic) bond motifs is 1. The Morgan fingerprint density at radius 1 is 0.975 bits per heavy atom. The third kappa shape index (κ3) is 7.22. The molecule has 6 N–H and O–H groups in total. The SMILES string of the molecule is CC[C@H](C)[C@H](NC(=O)[C@H](Cc1ccccc1)n1c(=O)[nH]c2ccccc2c1=O)C(=O)N[C@H](CCC(N)=O)C(=O)O. The summed E-state index contributed by atoms with van der Waals surface area (Å²) in [6, 6.07) is 11.3. The van der Waals surface area contributed by atoms with Crippen molar-refractivity contribution in [2.75, 3.05) is 0 Å². The lowest BCUT2D eigenvalue weighted by Crippen LogP contribution is -2.56. The Kier molecular flexibility index (Phi) is 9.96. The number of carboxylic acids is 1. The Labute approximate surface area is 229 Å². The molecule has 0 unspecified atom stereocenters. The number of para-hydroxylation sites is 1. The molecule has 12 heteroatoms. The predicted octanol–water partition coefficient (Wildman–Crippen LogP) is 0.839. The molecule has 2 aromatic carbocycles. The van der Waals surface area contributed by atoms with Gasteiger partial charge in [0.05, 0.1) is 10.9 Å². The Morgan fingerprint density at radius 3 is 2.25 bits per heavy atom. The van der Waals surface area contributed by atoms with Gasteiger partial charge in [0.2, 0.25) is 17.7 Å². The molecule has 0 saturated heterocycles. The smallest absolute Gasteiger partial charge is 0.329 e. The van der Waals surface area contributed by atoms with E-state index in [0.29, 0.717) is 17.5 Å². The van der Waals surface area contributed by atoms with Gasteiger partial charge in [0.1, 0.15) is 18.1 Å². The van der Waals surface area contributed by atoms with E-state index in [9.17, 15) is 33.9 Å². The first-order chi connectivity index (χ1) is 19.0. The minimum atomic E-state index is -1.41. The van der Waals surface area contributed by atoms with Crippen LogP contribution in [0.3, 0.4) is 0 Å². The zero-order valence-corrected chi connectivity index (χ0v) is 22.3. The molecule has 0 radical (unpaired) electrons. The van der Waals surface area contributed by atoms with Crippen LogP contribution in [0.5, 0.6) is 0 Å². The van der Waals surface area contributed by atoms with Gasteiger partial charge in [-0.2, -0.15) is 0 Å². The molecule has 0 spiro atoms. The number of carbonyl (C=O) groups excluding carboxylic acids is 3. The monoisotopic (exact) mass is 551 g/mol. The molecule has 0 aliphatic rings. The topological polar surface area (TPSA) is 193 Å². The van der Waals surface area contributed by atoms with E-state index in [4.69, 9.17) is 5.73 Å². The first-order valence-corrected chi connectivity index (χ1v) is 12.9. The highest BCUT2D eigenvalue weighted by Gasteiger charge is 2.33. The molecule has 1 heterocycles. The summed E-state index contributed by atoms with van der Waals surface area (Å²) in [7, 11) is 0. The van der Waals surface area contributed by atoms with Gasteiger partial charge < -0.3 is 26.5 Å². The van der Waals surface area contributed by atoms with Crippen LogP contribution in [0.25, 0.3) is 10.9 Å². The Bertz CT molecular complexity index is 1500. The fraction of sp³-hybridized carbons (Fsp3) is 0.357. The summed E-state index contributed by atoms with van der Waals surface area (Å²) in [5, 5.41) is 14.7. The number of nitrogens with two attached hydrogens (primary N) is 1. The number of carboxylic acid groups (broad SMARTS) is 1. The molecule has 0 aliphatic carbocycles. The number of nitrogens with zero attached hydrogens (tertiary/aromatic N) is 1. The first kappa shape index (κ1) is 29.8. The summed E-state index contributed by atoms with van der Waals surface area (Å²) in [5.41, 5.74) is 4.65. The molecule has 4 atom stereocenters. The van der Waals surface area contributed by atoms with Crippen molar-refractivity contribution in [2.24, 2.45) is 11.7 Å². The average Bonchev–Trinajstić information content (AvgIpc) is 2.93. The summed E-state index contributed by atoms with van der Waals surface area (Å²) in [6.45, 7) is 3.49. The summed E-state index contributed by atoms with van der Waals surface area (Å²) in [5.74, 6) is -4.07. The van der Waals surface area contributed by atoms with Crippen LogP contribution >= 0.6 is 0 Å². The standard InChI is InChI=1S/C28H33N5O7/c1-3-16(2)23(25(36)30-20(27(38)39)13-14-22(29)34)32-24(35)21(15-17-9-5-4-6-10-17)33-26(37)18-11-7-8-12-19(18)31-28(33)40/h4-12,16,20-21,23H,3,13-15H2,1-2H3,(H2,29,34)(H,30,36)(H,31,40)(H,32,35)(H,38,39)/t16-,20+,21-,23-/m0/s1. The van der Waals surface area contributed by atoms with Crippen molar-refractivity contribution in [3.05, 3.63) is 81.0 Å². The molecule has 40 heavy (non-hydrogen) atoms. The van der Waals surface area contributed by atoms with Crippen molar-refractivity contribution in [1.82, 2.24) is 20.2 Å². The van der Waals surface area contributed by atoms with E-state index >= 15 is 0 Å². The Morgan fingerprint density at radius 2 is 1.62 bits per heavy atom. The summed E-state index contributed by atoms with van der Waals surface area (Å²) in [4.78, 5) is 79.0. The van der Waals surface area contributed by atoms with E-state index in [-0.39, 0.29) is 24.6 Å². The molecule has 3 amide bonds. The van der Waals surface area contributed by atoms with Gasteiger partial charge in [-0.3, -0.25) is 19.2 Å². The number of primary amides is 1. The highest BCUT2D eigenvalue weighted by Crippen LogP contribution is 2.16.